The van der Waals surface area contributed by atoms with E-state index in [1.165, 1.54) is 0 Å². The quantitative estimate of drug-likeness (QED) is 0.396. The molecule has 9 heteroatoms. The van der Waals surface area contributed by atoms with E-state index in [0.29, 0.717) is 16.7 Å². The number of pyridine rings is 1. The van der Waals surface area contributed by atoms with Crippen LogP contribution < -0.4 is 10.6 Å². The minimum absolute atomic E-state index is 0.0232. The van der Waals surface area contributed by atoms with Crippen molar-refractivity contribution in [1.82, 2.24) is 25.4 Å². The lowest BCUT2D eigenvalue weighted by Crippen LogP contribution is -2.41. The summed E-state index contributed by atoms with van der Waals surface area (Å²) in [5, 5.41) is 9.62. The molecule has 2 heterocycles. The summed E-state index contributed by atoms with van der Waals surface area (Å²) >= 11 is 0. The molecule has 0 saturated carbocycles. The normalized spacial score (nSPS) is 10.8. The molecule has 0 fully saturated rings. The van der Waals surface area contributed by atoms with Crippen LogP contribution in [0.5, 0.6) is 0 Å². The van der Waals surface area contributed by atoms with Crippen molar-refractivity contribution in [3.05, 3.63) is 84.1 Å². The fourth-order valence-electron chi connectivity index (χ4n) is 3.52. The van der Waals surface area contributed by atoms with E-state index < -0.39 is 24.5 Å². The van der Waals surface area contributed by atoms with E-state index in [1.807, 2.05) is 74.5 Å². The van der Waals surface area contributed by atoms with Gasteiger partial charge in [0.2, 0.25) is 0 Å². The Hall–Kier alpha value is -4.53. The van der Waals surface area contributed by atoms with Crippen molar-refractivity contribution < 1.29 is 19.1 Å². The maximum atomic E-state index is 13.0. The first-order chi connectivity index (χ1) is 16.9. The van der Waals surface area contributed by atoms with Crippen LogP contribution in [0.2, 0.25) is 0 Å². The molecular formula is C26H25N5O4. The molecule has 2 aromatic carbocycles. The van der Waals surface area contributed by atoms with Crippen molar-refractivity contribution in [1.29, 1.82) is 0 Å². The Kier molecular flexibility index (Phi) is 7.15. The van der Waals surface area contributed by atoms with Crippen molar-refractivity contribution in [3.8, 4) is 11.3 Å². The molecule has 0 unspecified atom stereocenters. The van der Waals surface area contributed by atoms with Crippen LogP contribution in [0.25, 0.3) is 22.3 Å². The number of urea groups is 1. The number of hydrogen-bond acceptors (Lipinski definition) is 6. The van der Waals surface area contributed by atoms with Crippen LogP contribution in [0.3, 0.4) is 0 Å². The molecule has 0 aliphatic carbocycles. The van der Waals surface area contributed by atoms with Crippen molar-refractivity contribution in [2.24, 2.45) is 0 Å². The summed E-state index contributed by atoms with van der Waals surface area (Å²) in [5.41, 5.74) is 3.07. The summed E-state index contributed by atoms with van der Waals surface area (Å²) in [7, 11) is 0. The molecule has 3 amide bonds. The predicted molar refractivity (Wildman–Crippen MR) is 130 cm³/mol. The number of ether oxygens (including phenoxy) is 1. The maximum absolute atomic E-state index is 13.0. The van der Waals surface area contributed by atoms with Crippen molar-refractivity contribution in [3.63, 3.8) is 0 Å². The van der Waals surface area contributed by atoms with E-state index in [4.69, 9.17) is 9.72 Å². The second-order valence-electron chi connectivity index (χ2n) is 8.13. The Bertz CT molecular complexity index is 1350. The number of rotatable bonds is 7. The zero-order chi connectivity index (χ0) is 24.8. The molecule has 0 spiro atoms. The molecule has 0 aliphatic rings. The zero-order valence-corrected chi connectivity index (χ0v) is 19.4. The molecule has 9 nitrogen and oxygen atoms in total. The third-order valence-corrected chi connectivity index (χ3v) is 5.23. The van der Waals surface area contributed by atoms with E-state index in [9.17, 15) is 14.4 Å². The molecule has 0 atom stereocenters. The molecule has 0 saturated heterocycles. The number of fused-ring (bicyclic) bond motifs is 1. The van der Waals surface area contributed by atoms with E-state index >= 15 is 0 Å². The maximum Gasteiger partial charge on any atom is 0.339 e. The Morgan fingerprint density at radius 2 is 1.69 bits per heavy atom. The standard InChI is InChI=1S/C26H25N5O4/c1-17(2)31-24-21(15-28-31)20(13-22(29-24)19-11-7-4-8-12-19)25(33)35-16-23(32)30-26(34)27-14-18-9-5-3-6-10-18/h3-13,15,17H,14,16H2,1-2H3,(H2,27,30,32,34). The topological polar surface area (TPSA) is 115 Å². The molecule has 178 valence electrons. The first-order valence-electron chi connectivity index (χ1n) is 11.1. The number of carbonyl (C=O) groups is 3. The van der Waals surface area contributed by atoms with Gasteiger partial charge < -0.3 is 10.1 Å². The van der Waals surface area contributed by atoms with Crippen molar-refractivity contribution in [2.75, 3.05) is 6.61 Å². The van der Waals surface area contributed by atoms with Crippen molar-refractivity contribution >= 4 is 28.9 Å². The highest BCUT2D eigenvalue weighted by Gasteiger charge is 2.20. The molecular weight excluding hydrogens is 446 g/mol. The van der Waals surface area contributed by atoms with Gasteiger partial charge in [0.15, 0.2) is 12.3 Å². The molecule has 35 heavy (non-hydrogen) atoms. The third-order valence-electron chi connectivity index (χ3n) is 5.23. The fraction of sp³-hybridized carbons (Fsp3) is 0.192. The van der Waals surface area contributed by atoms with Crippen LogP contribution >= 0.6 is 0 Å². The number of esters is 1. The van der Waals surface area contributed by atoms with Crippen molar-refractivity contribution in [2.45, 2.75) is 26.4 Å². The molecule has 0 bridgehead atoms. The smallest absolute Gasteiger partial charge is 0.339 e. The Morgan fingerprint density at radius 3 is 2.37 bits per heavy atom. The largest absolute Gasteiger partial charge is 0.452 e. The Morgan fingerprint density at radius 1 is 1.00 bits per heavy atom. The van der Waals surface area contributed by atoms with Gasteiger partial charge in [0, 0.05) is 18.2 Å². The van der Waals surface area contributed by atoms with Gasteiger partial charge in [0.1, 0.15) is 0 Å². The Balaban J connectivity index is 1.46. The SMILES string of the molecule is CC(C)n1ncc2c(C(=O)OCC(=O)NC(=O)NCc3ccccc3)cc(-c3ccccc3)nc21. The fourth-order valence-corrected chi connectivity index (χ4v) is 3.52. The first kappa shape index (κ1) is 23.6. The lowest BCUT2D eigenvalue weighted by atomic mass is 10.1. The zero-order valence-electron chi connectivity index (χ0n) is 19.4. The molecule has 2 aromatic heterocycles. The summed E-state index contributed by atoms with van der Waals surface area (Å²) < 4.78 is 6.95. The first-order valence-corrected chi connectivity index (χ1v) is 11.1. The van der Waals surface area contributed by atoms with Crippen LogP contribution in [-0.2, 0) is 16.1 Å². The second kappa shape index (κ2) is 10.6. The van der Waals surface area contributed by atoms with Gasteiger partial charge in [-0.2, -0.15) is 5.10 Å². The highest BCUT2D eigenvalue weighted by Crippen LogP contribution is 2.26. The molecule has 2 N–H and O–H groups in total. The van der Waals surface area contributed by atoms with Gasteiger partial charge in [-0.1, -0.05) is 60.7 Å². The average Bonchev–Trinajstić information content (AvgIpc) is 3.31. The van der Waals surface area contributed by atoms with Gasteiger partial charge >= 0.3 is 12.0 Å². The minimum Gasteiger partial charge on any atom is -0.452 e. The number of amides is 3. The van der Waals surface area contributed by atoms with Gasteiger partial charge in [0.25, 0.3) is 5.91 Å². The van der Waals surface area contributed by atoms with Crippen LogP contribution in [0, 0.1) is 0 Å². The number of hydrogen-bond donors (Lipinski definition) is 2. The summed E-state index contributed by atoms with van der Waals surface area (Å²) in [6, 6.07) is 19.7. The number of imide groups is 1. The van der Waals surface area contributed by atoms with E-state index in [2.05, 4.69) is 15.7 Å². The summed E-state index contributed by atoms with van der Waals surface area (Å²) in [4.78, 5) is 41.8. The molecule has 0 radical (unpaired) electrons. The number of carbonyl (C=O) groups excluding carboxylic acids is 3. The summed E-state index contributed by atoms with van der Waals surface area (Å²) in [5.74, 6) is -1.45. The van der Waals surface area contributed by atoms with Gasteiger partial charge in [-0.05, 0) is 25.5 Å². The minimum atomic E-state index is -0.740. The molecule has 4 rings (SSSR count). The number of nitrogens with zero attached hydrogens (tertiary/aromatic N) is 3. The van der Waals surface area contributed by atoms with Gasteiger partial charge in [-0.15, -0.1) is 0 Å². The van der Waals surface area contributed by atoms with Crippen LogP contribution in [0.1, 0.15) is 35.8 Å². The van der Waals surface area contributed by atoms with Crippen LogP contribution in [0.15, 0.2) is 72.9 Å². The number of aromatic nitrogens is 3. The lowest BCUT2D eigenvalue weighted by molar-refractivity contribution is -0.123. The Labute approximate surface area is 202 Å². The van der Waals surface area contributed by atoms with E-state index in [-0.39, 0.29) is 18.2 Å². The lowest BCUT2D eigenvalue weighted by Gasteiger charge is -2.11. The van der Waals surface area contributed by atoms with Gasteiger partial charge in [-0.3, -0.25) is 10.1 Å². The number of nitrogens with one attached hydrogen (secondary N) is 2. The van der Waals surface area contributed by atoms with Crippen LogP contribution in [-0.4, -0.2) is 39.3 Å². The van der Waals surface area contributed by atoms with Crippen LogP contribution in [0.4, 0.5) is 4.79 Å². The highest BCUT2D eigenvalue weighted by atomic mass is 16.5. The molecule has 4 aromatic rings. The predicted octanol–water partition coefficient (Wildman–Crippen LogP) is 3.86. The summed E-state index contributed by atoms with van der Waals surface area (Å²) in [6.07, 6.45) is 1.56. The number of benzene rings is 2. The molecule has 0 aliphatic heterocycles. The monoisotopic (exact) mass is 471 g/mol. The van der Waals surface area contributed by atoms with E-state index in [1.54, 1.807) is 16.9 Å². The highest BCUT2D eigenvalue weighted by molar-refractivity contribution is 6.04. The third kappa shape index (κ3) is 5.70. The van der Waals surface area contributed by atoms with Gasteiger partial charge in [-0.25, -0.2) is 19.3 Å². The average molecular weight is 472 g/mol. The summed E-state index contributed by atoms with van der Waals surface area (Å²) in [6.45, 7) is 3.58. The van der Waals surface area contributed by atoms with Gasteiger partial charge in [0.05, 0.1) is 22.8 Å². The van der Waals surface area contributed by atoms with E-state index in [0.717, 1.165) is 11.1 Å². The second-order valence-corrected chi connectivity index (χ2v) is 8.13.